The number of hydrogen-bond donors (Lipinski definition) is 0. The lowest BCUT2D eigenvalue weighted by molar-refractivity contribution is -0.129. The molecule has 0 atom stereocenters. The Morgan fingerprint density at radius 3 is 2.40 bits per heavy atom. The molecular weight excluding hydrogens is 260 g/mol. The van der Waals surface area contributed by atoms with E-state index in [0.717, 1.165) is 11.2 Å². The quantitative estimate of drug-likeness (QED) is 0.441. The Bertz CT molecular complexity index is 336. The molecule has 1 heterocycles. The van der Waals surface area contributed by atoms with E-state index >= 15 is 0 Å². The van der Waals surface area contributed by atoms with Crippen molar-refractivity contribution >= 4 is 28.0 Å². The minimum Gasteiger partial charge on any atom is -0.294 e. The van der Waals surface area contributed by atoms with Crippen LogP contribution in [0.4, 0.5) is 0 Å². The van der Waals surface area contributed by atoms with Crippen LogP contribution in [0.25, 0.3) is 0 Å². The highest BCUT2D eigenvalue weighted by Crippen LogP contribution is 2.24. The highest BCUT2D eigenvalue weighted by atomic mass is 79.9. The van der Waals surface area contributed by atoms with Gasteiger partial charge in [0, 0.05) is 13.1 Å². The Kier molecular flexibility index (Phi) is 4.08. The first-order valence-electron chi connectivity index (χ1n) is 4.77. The van der Waals surface area contributed by atoms with Crippen LogP contribution in [-0.4, -0.2) is 35.2 Å². The predicted octanol–water partition coefficient (Wildman–Crippen LogP) is 1.45. The van der Waals surface area contributed by atoms with Gasteiger partial charge in [-0.25, -0.2) is 0 Å². The first-order chi connectivity index (χ1) is 7.15. The number of aldehydes is 1. The molecule has 0 aromatic heterocycles. The van der Waals surface area contributed by atoms with E-state index in [-0.39, 0.29) is 0 Å². The van der Waals surface area contributed by atoms with Crippen molar-refractivity contribution in [1.29, 1.82) is 0 Å². The second-order valence-electron chi connectivity index (χ2n) is 2.95. The largest absolute Gasteiger partial charge is 0.294 e. The van der Waals surface area contributed by atoms with Crippen molar-refractivity contribution in [1.82, 2.24) is 10.0 Å². The molecule has 0 fully saturated rings. The normalized spacial score (nSPS) is 15.9. The fraction of sp³-hybridized carbons (Fsp3) is 0.400. The monoisotopic (exact) mass is 272 g/mol. The third kappa shape index (κ3) is 2.28. The lowest BCUT2D eigenvalue weighted by Crippen LogP contribution is -2.43. The van der Waals surface area contributed by atoms with E-state index in [0.29, 0.717) is 18.5 Å². The maximum Gasteiger partial charge on any atom is 0.243 e. The van der Waals surface area contributed by atoms with Crippen molar-refractivity contribution < 1.29 is 9.59 Å². The van der Waals surface area contributed by atoms with Gasteiger partial charge >= 0.3 is 0 Å². The number of carbonyl (C=O) groups is 2. The third-order valence-corrected chi connectivity index (χ3v) is 2.83. The van der Waals surface area contributed by atoms with Crippen LogP contribution < -0.4 is 0 Å². The summed E-state index contributed by atoms with van der Waals surface area (Å²) in [4.78, 5) is 21.8. The number of rotatable bonds is 4. The second-order valence-corrected chi connectivity index (χ2v) is 3.77. The number of likely N-dealkylation sites (N-methyl/N-ethyl adjacent to an activating group) is 1. The summed E-state index contributed by atoms with van der Waals surface area (Å²) >= 11 is 3.40. The van der Waals surface area contributed by atoms with Crippen LogP contribution in [0, 0.1) is 0 Å². The van der Waals surface area contributed by atoms with Crippen LogP contribution >= 0.6 is 15.9 Å². The Labute approximate surface area is 97.3 Å². The molecule has 0 radical (unpaired) electrons. The van der Waals surface area contributed by atoms with Gasteiger partial charge in [0.05, 0.1) is 0 Å². The van der Waals surface area contributed by atoms with Gasteiger partial charge in [-0.15, -0.1) is 0 Å². The van der Waals surface area contributed by atoms with Gasteiger partial charge in [-0.1, -0.05) is 0 Å². The molecule has 82 valence electrons. The molecule has 1 aliphatic heterocycles. The highest BCUT2D eigenvalue weighted by Gasteiger charge is 2.24. The van der Waals surface area contributed by atoms with Crippen molar-refractivity contribution in [2.75, 3.05) is 13.1 Å². The van der Waals surface area contributed by atoms with Crippen LogP contribution in [0.5, 0.6) is 0 Å². The molecule has 0 aliphatic carbocycles. The first-order valence-corrected chi connectivity index (χ1v) is 5.57. The molecular formula is C10H13BrN2O2. The SMILES string of the molecule is CCN1C(Br)=CC=C(C(=O)C=O)N1CC. The molecule has 0 unspecified atom stereocenters. The van der Waals surface area contributed by atoms with Gasteiger partial charge < -0.3 is 0 Å². The lowest BCUT2D eigenvalue weighted by atomic mass is 10.2. The number of allylic oxidation sites excluding steroid dienone is 3. The van der Waals surface area contributed by atoms with Crippen LogP contribution in [0.2, 0.25) is 0 Å². The first kappa shape index (κ1) is 12.0. The van der Waals surface area contributed by atoms with Crippen LogP contribution in [-0.2, 0) is 9.59 Å². The van der Waals surface area contributed by atoms with Crippen molar-refractivity contribution in [2.45, 2.75) is 13.8 Å². The fourth-order valence-electron chi connectivity index (χ4n) is 1.50. The Morgan fingerprint density at radius 1 is 1.33 bits per heavy atom. The van der Waals surface area contributed by atoms with E-state index < -0.39 is 5.78 Å². The molecule has 0 amide bonds. The van der Waals surface area contributed by atoms with Gasteiger partial charge in [0.2, 0.25) is 5.78 Å². The lowest BCUT2D eigenvalue weighted by Gasteiger charge is -2.38. The van der Waals surface area contributed by atoms with Crippen molar-refractivity contribution in [3.63, 3.8) is 0 Å². The number of hydrazine groups is 1. The minimum absolute atomic E-state index is 0.343. The predicted molar refractivity (Wildman–Crippen MR) is 60.9 cm³/mol. The van der Waals surface area contributed by atoms with E-state index in [4.69, 9.17) is 0 Å². The summed E-state index contributed by atoms with van der Waals surface area (Å²) < 4.78 is 0.884. The van der Waals surface area contributed by atoms with Crippen LogP contribution in [0.3, 0.4) is 0 Å². The van der Waals surface area contributed by atoms with Crippen molar-refractivity contribution in [3.8, 4) is 0 Å². The zero-order valence-corrected chi connectivity index (χ0v) is 10.3. The molecule has 1 aliphatic rings. The van der Waals surface area contributed by atoms with E-state index in [9.17, 15) is 9.59 Å². The summed E-state index contributed by atoms with van der Waals surface area (Å²) in [6, 6.07) is 0. The zero-order chi connectivity index (χ0) is 11.4. The molecule has 0 N–H and O–H groups in total. The van der Waals surface area contributed by atoms with Gasteiger partial charge in [0.25, 0.3) is 0 Å². The summed E-state index contributed by atoms with van der Waals surface area (Å²) in [6.45, 7) is 5.28. The van der Waals surface area contributed by atoms with Gasteiger partial charge in [-0.05, 0) is 41.9 Å². The molecule has 1 rings (SSSR count). The second kappa shape index (κ2) is 5.11. The number of carbonyl (C=O) groups excluding carboxylic acids is 2. The average molecular weight is 273 g/mol. The molecule has 5 heteroatoms. The molecule has 0 saturated carbocycles. The molecule has 0 saturated heterocycles. The molecule has 0 aromatic rings. The highest BCUT2D eigenvalue weighted by molar-refractivity contribution is 9.11. The number of halogens is 1. The summed E-state index contributed by atoms with van der Waals surface area (Å²) in [5.41, 5.74) is 0.414. The number of Topliss-reactive ketones (excluding diaryl/α,β-unsaturated/α-hetero) is 1. The Hall–Kier alpha value is -1.10. The van der Waals surface area contributed by atoms with Gasteiger partial charge in [0.15, 0.2) is 6.29 Å². The smallest absolute Gasteiger partial charge is 0.243 e. The zero-order valence-electron chi connectivity index (χ0n) is 8.74. The van der Waals surface area contributed by atoms with E-state index in [1.807, 2.05) is 18.9 Å². The number of ketones is 1. The Morgan fingerprint density at radius 2 is 1.93 bits per heavy atom. The van der Waals surface area contributed by atoms with Gasteiger partial charge in [0.1, 0.15) is 10.3 Å². The molecule has 15 heavy (non-hydrogen) atoms. The average Bonchev–Trinajstić information content (AvgIpc) is 2.27. The maximum atomic E-state index is 11.4. The minimum atomic E-state index is -0.494. The topological polar surface area (TPSA) is 40.6 Å². The summed E-state index contributed by atoms with van der Waals surface area (Å²) in [5.74, 6) is -0.494. The molecule has 0 bridgehead atoms. The fourth-order valence-corrected chi connectivity index (χ4v) is 2.07. The summed E-state index contributed by atoms with van der Waals surface area (Å²) in [6.07, 6.45) is 3.76. The third-order valence-electron chi connectivity index (χ3n) is 2.15. The standard InChI is InChI=1S/C10H13BrN2O2/c1-3-12-8(9(15)7-14)5-6-10(11)13(12)4-2/h5-7H,3-4H2,1-2H3. The number of hydrogen-bond acceptors (Lipinski definition) is 4. The van der Waals surface area contributed by atoms with Crippen molar-refractivity contribution in [2.24, 2.45) is 0 Å². The van der Waals surface area contributed by atoms with E-state index in [2.05, 4.69) is 15.9 Å². The molecule has 4 nitrogen and oxygen atoms in total. The van der Waals surface area contributed by atoms with Crippen LogP contribution in [0.15, 0.2) is 22.5 Å². The van der Waals surface area contributed by atoms with Gasteiger partial charge in [-0.2, -0.15) is 0 Å². The molecule has 0 spiro atoms. The Balaban J connectivity index is 3.05. The maximum absolute atomic E-state index is 11.4. The molecule has 0 aromatic carbocycles. The summed E-state index contributed by atoms with van der Waals surface area (Å²) in [5, 5.41) is 3.68. The van der Waals surface area contributed by atoms with E-state index in [1.54, 1.807) is 17.2 Å². The number of nitrogens with zero attached hydrogens (tertiary/aromatic N) is 2. The summed E-state index contributed by atoms with van der Waals surface area (Å²) in [7, 11) is 0. The van der Waals surface area contributed by atoms with Gasteiger partial charge in [-0.3, -0.25) is 19.6 Å². The van der Waals surface area contributed by atoms with E-state index in [1.165, 1.54) is 0 Å². The van der Waals surface area contributed by atoms with Crippen molar-refractivity contribution in [3.05, 3.63) is 22.5 Å². The van der Waals surface area contributed by atoms with Crippen LogP contribution in [0.1, 0.15) is 13.8 Å².